The Kier molecular flexibility index (Phi) is 5.39. The zero-order valence-corrected chi connectivity index (χ0v) is 14.9. The van der Waals surface area contributed by atoms with Crippen molar-refractivity contribution in [3.05, 3.63) is 66.4 Å². The first-order valence-corrected chi connectivity index (χ1v) is 8.83. The summed E-state index contributed by atoms with van der Waals surface area (Å²) < 4.78 is 2.00. The Bertz CT molecular complexity index is 839. The van der Waals surface area contributed by atoms with E-state index in [4.69, 9.17) is 0 Å². The standard InChI is InChI=1S/C21H25N3O/c1-3-24(17-10-5-4-6-11-17)15-9-14-22-21(25)19-16-23(2)20-13-8-7-12-18(19)20/h4-8,10-13,16H,3,9,14-15H2,1-2H3,(H,22,25). The number of para-hydroxylation sites is 2. The van der Waals surface area contributed by atoms with Crippen LogP contribution in [0.1, 0.15) is 23.7 Å². The summed E-state index contributed by atoms with van der Waals surface area (Å²) in [6.45, 7) is 4.71. The molecule has 0 bridgehead atoms. The van der Waals surface area contributed by atoms with Crippen molar-refractivity contribution >= 4 is 22.5 Å². The second-order valence-electron chi connectivity index (χ2n) is 6.20. The molecule has 0 aliphatic carbocycles. The number of aromatic nitrogens is 1. The maximum Gasteiger partial charge on any atom is 0.253 e. The lowest BCUT2D eigenvalue weighted by Crippen LogP contribution is -2.29. The van der Waals surface area contributed by atoms with Gasteiger partial charge < -0.3 is 14.8 Å². The lowest BCUT2D eigenvalue weighted by atomic mass is 10.1. The van der Waals surface area contributed by atoms with Gasteiger partial charge in [-0.1, -0.05) is 36.4 Å². The summed E-state index contributed by atoms with van der Waals surface area (Å²) in [5, 5.41) is 4.06. The van der Waals surface area contributed by atoms with E-state index in [2.05, 4.69) is 41.4 Å². The van der Waals surface area contributed by atoms with Gasteiger partial charge in [-0.2, -0.15) is 0 Å². The van der Waals surface area contributed by atoms with E-state index in [0.29, 0.717) is 6.54 Å². The van der Waals surface area contributed by atoms with E-state index < -0.39 is 0 Å². The normalized spacial score (nSPS) is 10.8. The maximum absolute atomic E-state index is 12.5. The summed E-state index contributed by atoms with van der Waals surface area (Å²) in [4.78, 5) is 14.8. The number of amides is 1. The van der Waals surface area contributed by atoms with Gasteiger partial charge in [0.05, 0.1) is 5.56 Å². The molecule has 25 heavy (non-hydrogen) atoms. The largest absolute Gasteiger partial charge is 0.372 e. The van der Waals surface area contributed by atoms with Crippen LogP contribution in [0.15, 0.2) is 60.8 Å². The molecule has 0 fully saturated rings. The molecule has 0 atom stereocenters. The molecule has 0 unspecified atom stereocenters. The third-order valence-corrected chi connectivity index (χ3v) is 4.54. The van der Waals surface area contributed by atoms with Crippen LogP contribution in [-0.4, -0.2) is 30.1 Å². The van der Waals surface area contributed by atoms with Gasteiger partial charge in [0, 0.05) is 49.5 Å². The molecule has 2 aromatic carbocycles. The van der Waals surface area contributed by atoms with Crippen LogP contribution in [0, 0.1) is 0 Å². The molecule has 3 rings (SSSR count). The highest BCUT2D eigenvalue weighted by Gasteiger charge is 2.13. The van der Waals surface area contributed by atoms with Gasteiger partial charge in [0.15, 0.2) is 0 Å². The number of benzene rings is 2. The first-order chi connectivity index (χ1) is 12.2. The summed E-state index contributed by atoms with van der Waals surface area (Å²) in [6, 6.07) is 18.4. The molecule has 130 valence electrons. The van der Waals surface area contributed by atoms with E-state index in [-0.39, 0.29) is 5.91 Å². The SMILES string of the molecule is CCN(CCCNC(=O)c1cn(C)c2ccccc12)c1ccccc1. The smallest absolute Gasteiger partial charge is 0.253 e. The molecule has 0 spiro atoms. The van der Waals surface area contributed by atoms with Gasteiger partial charge in [-0.3, -0.25) is 4.79 Å². The van der Waals surface area contributed by atoms with Crippen LogP contribution in [0.5, 0.6) is 0 Å². The van der Waals surface area contributed by atoms with Crippen LogP contribution in [-0.2, 0) is 7.05 Å². The average molecular weight is 335 g/mol. The molecule has 0 saturated carbocycles. The highest BCUT2D eigenvalue weighted by atomic mass is 16.1. The van der Waals surface area contributed by atoms with Crippen molar-refractivity contribution in [3.63, 3.8) is 0 Å². The quantitative estimate of drug-likeness (QED) is 0.666. The van der Waals surface area contributed by atoms with E-state index in [1.54, 1.807) is 0 Å². The summed E-state index contributed by atoms with van der Waals surface area (Å²) in [7, 11) is 1.97. The number of hydrogen-bond donors (Lipinski definition) is 1. The minimum absolute atomic E-state index is 0.000408. The number of carbonyl (C=O) groups excluding carboxylic acids is 1. The predicted octanol–water partition coefficient (Wildman–Crippen LogP) is 3.82. The van der Waals surface area contributed by atoms with Crippen LogP contribution in [0.3, 0.4) is 0 Å². The van der Waals surface area contributed by atoms with Gasteiger partial charge >= 0.3 is 0 Å². The van der Waals surface area contributed by atoms with E-state index in [9.17, 15) is 4.79 Å². The molecule has 1 N–H and O–H groups in total. The van der Waals surface area contributed by atoms with Crippen LogP contribution in [0.2, 0.25) is 0 Å². The van der Waals surface area contributed by atoms with E-state index in [1.165, 1.54) is 5.69 Å². The zero-order valence-electron chi connectivity index (χ0n) is 14.9. The Morgan fingerprint density at radius 2 is 1.80 bits per heavy atom. The van der Waals surface area contributed by atoms with Crippen molar-refractivity contribution in [2.75, 3.05) is 24.5 Å². The molecule has 0 radical (unpaired) electrons. The van der Waals surface area contributed by atoms with Gasteiger partial charge in [-0.15, -0.1) is 0 Å². The summed E-state index contributed by atoms with van der Waals surface area (Å²) >= 11 is 0. The van der Waals surface area contributed by atoms with Crippen LogP contribution < -0.4 is 10.2 Å². The second kappa shape index (κ2) is 7.88. The fourth-order valence-electron chi connectivity index (χ4n) is 3.20. The van der Waals surface area contributed by atoms with Gasteiger partial charge in [-0.25, -0.2) is 0 Å². The number of nitrogens with zero attached hydrogens (tertiary/aromatic N) is 2. The van der Waals surface area contributed by atoms with Crippen LogP contribution in [0.25, 0.3) is 10.9 Å². The van der Waals surface area contributed by atoms with Crippen molar-refractivity contribution < 1.29 is 4.79 Å². The molecule has 1 heterocycles. The van der Waals surface area contributed by atoms with Gasteiger partial charge in [0.2, 0.25) is 0 Å². The van der Waals surface area contributed by atoms with Gasteiger partial charge in [0.1, 0.15) is 0 Å². The number of fused-ring (bicyclic) bond motifs is 1. The topological polar surface area (TPSA) is 37.3 Å². The average Bonchev–Trinajstić information content (AvgIpc) is 3.00. The number of hydrogen-bond acceptors (Lipinski definition) is 2. The molecule has 4 heteroatoms. The highest BCUT2D eigenvalue weighted by Crippen LogP contribution is 2.20. The van der Waals surface area contributed by atoms with Crippen molar-refractivity contribution in [2.45, 2.75) is 13.3 Å². The molecule has 3 aromatic rings. The Hall–Kier alpha value is -2.75. The molecule has 1 aromatic heterocycles. The van der Waals surface area contributed by atoms with E-state index in [1.807, 2.05) is 48.1 Å². The molecular weight excluding hydrogens is 310 g/mol. The van der Waals surface area contributed by atoms with E-state index in [0.717, 1.165) is 36.0 Å². The predicted molar refractivity (Wildman–Crippen MR) is 104 cm³/mol. The first-order valence-electron chi connectivity index (χ1n) is 8.83. The first kappa shape index (κ1) is 17.1. The minimum Gasteiger partial charge on any atom is -0.372 e. The second-order valence-corrected chi connectivity index (χ2v) is 6.20. The minimum atomic E-state index is -0.000408. The molecule has 1 amide bonds. The molecule has 0 aliphatic heterocycles. The molecule has 0 saturated heterocycles. The number of nitrogens with one attached hydrogen (secondary N) is 1. The monoisotopic (exact) mass is 335 g/mol. The third-order valence-electron chi connectivity index (χ3n) is 4.54. The van der Waals surface area contributed by atoms with Crippen molar-refractivity contribution in [3.8, 4) is 0 Å². The highest BCUT2D eigenvalue weighted by molar-refractivity contribution is 6.06. The van der Waals surface area contributed by atoms with Crippen LogP contribution >= 0.6 is 0 Å². The number of rotatable bonds is 7. The van der Waals surface area contributed by atoms with E-state index >= 15 is 0 Å². The fourth-order valence-corrected chi connectivity index (χ4v) is 3.20. The maximum atomic E-state index is 12.5. The summed E-state index contributed by atoms with van der Waals surface area (Å²) in [5.41, 5.74) is 3.05. The molecular formula is C21H25N3O. The Morgan fingerprint density at radius 1 is 1.08 bits per heavy atom. The summed E-state index contributed by atoms with van der Waals surface area (Å²) in [6.07, 6.45) is 2.82. The van der Waals surface area contributed by atoms with Crippen molar-refractivity contribution in [2.24, 2.45) is 7.05 Å². The van der Waals surface area contributed by atoms with Gasteiger partial charge in [0.25, 0.3) is 5.91 Å². The lowest BCUT2D eigenvalue weighted by Gasteiger charge is -2.23. The van der Waals surface area contributed by atoms with Crippen molar-refractivity contribution in [1.82, 2.24) is 9.88 Å². The lowest BCUT2D eigenvalue weighted by molar-refractivity contribution is 0.0955. The number of aryl methyl sites for hydroxylation is 1. The Labute approximate surface area is 149 Å². The Balaban J connectivity index is 1.56. The van der Waals surface area contributed by atoms with Crippen molar-refractivity contribution in [1.29, 1.82) is 0 Å². The number of carbonyl (C=O) groups is 1. The van der Waals surface area contributed by atoms with Crippen LogP contribution in [0.4, 0.5) is 5.69 Å². The molecule has 4 nitrogen and oxygen atoms in total. The fraction of sp³-hybridized carbons (Fsp3) is 0.286. The zero-order chi connectivity index (χ0) is 17.6. The summed E-state index contributed by atoms with van der Waals surface area (Å²) in [5.74, 6) is -0.000408. The number of anilines is 1. The Morgan fingerprint density at radius 3 is 2.56 bits per heavy atom. The third kappa shape index (κ3) is 3.85. The van der Waals surface area contributed by atoms with Gasteiger partial charge in [-0.05, 0) is 31.5 Å². The molecule has 0 aliphatic rings.